The SMILES string of the molecule is Clc1cc2c(cn1)cnn2Cc1ccc(Cn2cccn2)cc1. The van der Waals surface area contributed by atoms with Gasteiger partial charge in [0, 0.05) is 30.0 Å². The number of rotatable bonds is 4. The topological polar surface area (TPSA) is 48.5 Å². The largest absolute Gasteiger partial charge is 0.268 e. The molecule has 0 saturated heterocycles. The number of nitrogens with zero attached hydrogens (tertiary/aromatic N) is 5. The van der Waals surface area contributed by atoms with Crippen LogP contribution in [-0.4, -0.2) is 24.5 Å². The lowest BCUT2D eigenvalue weighted by molar-refractivity contribution is 0.684. The molecule has 0 aliphatic carbocycles. The molecule has 4 aromatic rings. The summed E-state index contributed by atoms with van der Waals surface area (Å²) in [6, 6.07) is 12.3. The predicted molar refractivity (Wildman–Crippen MR) is 89.4 cm³/mol. The van der Waals surface area contributed by atoms with Gasteiger partial charge in [-0.1, -0.05) is 35.9 Å². The molecule has 3 aromatic heterocycles. The van der Waals surface area contributed by atoms with E-state index in [9.17, 15) is 0 Å². The molecule has 0 N–H and O–H groups in total. The lowest BCUT2D eigenvalue weighted by Crippen LogP contribution is -2.03. The molecule has 0 atom stereocenters. The van der Waals surface area contributed by atoms with Crippen molar-refractivity contribution in [2.24, 2.45) is 0 Å². The maximum absolute atomic E-state index is 5.98. The van der Waals surface area contributed by atoms with Gasteiger partial charge in [-0.05, 0) is 17.2 Å². The van der Waals surface area contributed by atoms with Crippen LogP contribution in [0.1, 0.15) is 11.1 Å². The van der Waals surface area contributed by atoms with Gasteiger partial charge >= 0.3 is 0 Å². The lowest BCUT2D eigenvalue weighted by atomic mass is 10.1. The highest BCUT2D eigenvalue weighted by molar-refractivity contribution is 6.29. The van der Waals surface area contributed by atoms with Crippen molar-refractivity contribution in [1.29, 1.82) is 0 Å². The number of pyridine rings is 1. The van der Waals surface area contributed by atoms with Gasteiger partial charge in [0.05, 0.1) is 24.8 Å². The normalized spacial score (nSPS) is 11.2. The summed E-state index contributed by atoms with van der Waals surface area (Å²) < 4.78 is 3.84. The fraction of sp³-hybridized carbons (Fsp3) is 0.118. The van der Waals surface area contributed by atoms with Gasteiger partial charge in [-0.25, -0.2) is 4.98 Å². The molecule has 0 unspecified atom stereocenters. The Morgan fingerprint density at radius 2 is 1.74 bits per heavy atom. The van der Waals surface area contributed by atoms with Gasteiger partial charge in [0.25, 0.3) is 0 Å². The number of benzene rings is 1. The molecule has 0 amide bonds. The summed E-state index contributed by atoms with van der Waals surface area (Å²) in [4.78, 5) is 4.08. The highest BCUT2D eigenvalue weighted by atomic mass is 35.5. The summed E-state index contributed by atoms with van der Waals surface area (Å²) >= 11 is 5.98. The van der Waals surface area contributed by atoms with Gasteiger partial charge in [-0.3, -0.25) is 9.36 Å². The Morgan fingerprint density at radius 1 is 0.957 bits per heavy atom. The molecule has 4 rings (SSSR count). The average molecular weight is 324 g/mol. The van der Waals surface area contributed by atoms with Crippen molar-refractivity contribution in [2.75, 3.05) is 0 Å². The van der Waals surface area contributed by atoms with Gasteiger partial charge in [-0.2, -0.15) is 10.2 Å². The Balaban J connectivity index is 1.55. The number of fused-ring (bicyclic) bond motifs is 1. The molecular formula is C17H14ClN5. The molecule has 0 bridgehead atoms. The van der Waals surface area contributed by atoms with Crippen LogP contribution in [0.4, 0.5) is 0 Å². The molecule has 23 heavy (non-hydrogen) atoms. The average Bonchev–Trinajstić information content (AvgIpc) is 3.20. The van der Waals surface area contributed by atoms with E-state index < -0.39 is 0 Å². The molecule has 3 heterocycles. The van der Waals surface area contributed by atoms with E-state index in [4.69, 9.17) is 11.6 Å². The lowest BCUT2D eigenvalue weighted by Gasteiger charge is -2.06. The summed E-state index contributed by atoms with van der Waals surface area (Å²) in [5.41, 5.74) is 3.40. The van der Waals surface area contributed by atoms with Crippen LogP contribution in [0.5, 0.6) is 0 Å². The number of halogens is 1. The fourth-order valence-electron chi connectivity index (χ4n) is 2.58. The van der Waals surface area contributed by atoms with Crippen molar-refractivity contribution in [1.82, 2.24) is 24.5 Å². The molecule has 0 aliphatic heterocycles. The van der Waals surface area contributed by atoms with Gasteiger partial charge in [-0.15, -0.1) is 0 Å². The molecule has 0 spiro atoms. The molecule has 6 heteroatoms. The molecular weight excluding hydrogens is 310 g/mol. The third kappa shape index (κ3) is 2.96. The first kappa shape index (κ1) is 14.0. The van der Waals surface area contributed by atoms with Crippen LogP contribution >= 0.6 is 11.6 Å². The van der Waals surface area contributed by atoms with E-state index in [0.29, 0.717) is 11.7 Å². The van der Waals surface area contributed by atoms with Crippen LogP contribution in [-0.2, 0) is 13.1 Å². The quantitative estimate of drug-likeness (QED) is 0.541. The number of aromatic nitrogens is 5. The van der Waals surface area contributed by atoms with Crippen molar-refractivity contribution in [2.45, 2.75) is 13.1 Å². The van der Waals surface area contributed by atoms with E-state index in [-0.39, 0.29) is 0 Å². The second-order valence-electron chi connectivity index (χ2n) is 5.39. The van der Waals surface area contributed by atoms with E-state index in [0.717, 1.165) is 17.4 Å². The minimum absolute atomic E-state index is 0.480. The minimum Gasteiger partial charge on any atom is -0.268 e. The van der Waals surface area contributed by atoms with Crippen LogP contribution in [0, 0.1) is 0 Å². The third-order valence-corrected chi connectivity index (χ3v) is 3.96. The molecule has 1 aromatic carbocycles. The fourth-order valence-corrected chi connectivity index (χ4v) is 2.73. The van der Waals surface area contributed by atoms with Crippen LogP contribution < -0.4 is 0 Å². The molecule has 5 nitrogen and oxygen atoms in total. The van der Waals surface area contributed by atoms with Gasteiger partial charge < -0.3 is 0 Å². The first-order chi connectivity index (χ1) is 11.3. The molecule has 0 fully saturated rings. The summed E-state index contributed by atoms with van der Waals surface area (Å²) in [6.07, 6.45) is 7.30. The molecule has 0 radical (unpaired) electrons. The highest BCUT2D eigenvalue weighted by Gasteiger charge is 2.05. The van der Waals surface area contributed by atoms with E-state index in [2.05, 4.69) is 39.4 Å². The Labute approximate surface area is 138 Å². The highest BCUT2D eigenvalue weighted by Crippen LogP contribution is 2.18. The minimum atomic E-state index is 0.480. The maximum atomic E-state index is 5.98. The van der Waals surface area contributed by atoms with E-state index >= 15 is 0 Å². The summed E-state index contributed by atoms with van der Waals surface area (Å²) in [6.45, 7) is 1.48. The molecule has 0 aliphatic rings. The van der Waals surface area contributed by atoms with E-state index in [1.807, 2.05) is 33.9 Å². The van der Waals surface area contributed by atoms with Crippen LogP contribution in [0.2, 0.25) is 5.15 Å². The summed E-state index contributed by atoms with van der Waals surface area (Å²) in [5.74, 6) is 0. The standard InChI is InChI=1S/C17H14ClN5/c18-17-8-16-15(9-19-17)10-21-23(16)12-14-4-2-13(3-5-14)11-22-7-1-6-20-22/h1-10H,11-12H2. The molecule has 114 valence electrons. The monoisotopic (exact) mass is 323 g/mol. The van der Waals surface area contributed by atoms with Crippen molar-refractivity contribution in [3.8, 4) is 0 Å². The summed E-state index contributed by atoms with van der Waals surface area (Å²) in [5, 5.41) is 10.1. The van der Waals surface area contributed by atoms with Crippen molar-refractivity contribution < 1.29 is 0 Å². The predicted octanol–water partition coefficient (Wildman–Crippen LogP) is 3.38. The number of hydrogen-bond acceptors (Lipinski definition) is 3. The van der Waals surface area contributed by atoms with Crippen LogP contribution in [0.15, 0.2) is 61.2 Å². The van der Waals surface area contributed by atoms with Gasteiger partial charge in [0.1, 0.15) is 5.15 Å². The zero-order valence-corrected chi connectivity index (χ0v) is 13.1. The van der Waals surface area contributed by atoms with Crippen molar-refractivity contribution in [3.05, 3.63) is 77.5 Å². The third-order valence-electron chi connectivity index (χ3n) is 3.75. The zero-order chi connectivity index (χ0) is 15.6. The van der Waals surface area contributed by atoms with Crippen LogP contribution in [0.3, 0.4) is 0 Å². The van der Waals surface area contributed by atoms with Gasteiger partial charge in [0.15, 0.2) is 0 Å². The Hall–Kier alpha value is -2.66. The maximum Gasteiger partial charge on any atom is 0.131 e. The second-order valence-corrected chi connectivity index (χ2v) is 5.78. The van der Waals surface area contributed by atoms with Gasteiger partial charge in [0.2, 0.25) is 0 Å². The molecule has 0 saturated carbocycles. The van der Waals surface area contributed by atoms with E-state index in [1.165, 1.54) is 11.1 Å². The van der Waals surface area contributed by atoms with Crippen molar-refractivity contribution in [3.63, 3.8) is 0 Å². The number of hydrogen-bond donors (Lipinski definition) is 0. The zero-order valence-electron chi connectivity index (χ0n) is 12.3. The second kappa shape index (κ2) is 5.85. The van der Waals surface area contributed by atoms with Crippen LogP contribution in [0.25, 0.3) is 10.9 Å². The first-order valence-electron chi connectivity index (χ1n) is 7.30. The van der Waals surface area contributed by atoms with E-state index in [1.54, 1.807) is 12.4 Å². The Bertz CT molecular complexity index is 925. The first-order valence-corrected chi connectivity index (χ1v) is 7.68. The summed E-state index contributed by atoms with van der Waals surface area (Å²) in [7, 11) is 0. The van der Waals surface area contributed by atoms with Crippen molar-refractivity contribution >= 4 is 22.5 Å². The Kier molecular flexibility index (Phi) is 3.55. The smallest absolute Gasteiger partial charge is 0.131 e. The Morgan fingerprint density at radius 3 is 2.48 bits per heavy atom.